The van der Waals surface area contributed by atoms with E-state index in [9.17, 15) is 9.59 Å². The quantitative estimate of drug-likeness (QED) is 0.680. The summed E-state index contributed by atoms with van der Waals surface area (Å²) in [6.45, 7) is 6.20. The molecule has 30 heavy (non-hydrogen) atoms. The molecule has 0 radical (unpaired) electrons. The zero-order valence-corrected chi connectivity index (χ0v) is 17.3. The van der Waals surface area contributed by atoms with Crippen molar-refractivity contribution in [1.29, 1.82) is 0 Å². The van der Waals surface area contributed by atoms with Gasteiger partial charge in [-0.3, -0.25) is 9.59 Å². The van der Waals surface area contributed by atoms with Gasteiger partial charge in [0, 0.05) is 11.3 Å². The molecule has 0 aromatic heterocycles. The molecule has 4 rings (SSSR count). The van der Waals surface area contributed by atoms with E-state index in [-0.39, 0.29) is 11.8 Å². The van der Waals surface area contributed by atoms with E-state index in [4.69, 9.17) is 4.74 Å². The van der Waals surface area contributed by atoms with Crippen LogP contribution in [0.4, 0.5) is 11.4 Å². The average molecular weight is 400 g/mol. The third kappa shape index (κ3) is 4.06. The van der Waals surface area contributed by atoms with Gasteiger partial charge in [0.1, 0.15) is 5.75 Å². The number of hydrogen-bond acceptors (Lipinski definition) is 3. The third-order valence-corrected chi connectivity index (χ3v) is 5.20. The molecule has 3 aromatic rings. The Kier molecular flexibility index (Phi) is 5.27. The number of nitrogens with zero attached hydrogens (tertiary/aromatic N) is 1. The Hall–Kier alpha value is -3.60. The molecular weight excluding hydrogens is 376 g/mol. The number of rotatable bonds is 4. The summed E-state index contributed by atoms with van der Waals surface area (Å²) in [5.74, 6) is 0.323. The van der Waals surface area contributed by atoms with Crippen LogP contribution in [0, 0.1) is 13.8 Å². The van der Waals surface area contributed by atoms with Crippen molar-refractivity contribution in [2.75, 3.05) is 10.2 Å². The maximum Gasteiger partial charge on any atom is 0.268 e. The van der Waals surface area contributed by atoms with Crippen molar-refractivity contribution < 1.29 is 14.3 Å². The summed E-state index contributed by atoms with van der Waals surface area (Å²) in [5.41, 5.74) is 5.14. The van der Waals surface area contributed by atoms with Crippen LogP contribution < -0.4 is 15.0 Å². The fraction of sp³-hybridized carbons (Fsp3) is 0.200. The van der Waals surface area contributed by atoms with Gasteiger partial charge in [0.15, 0.2) is 6.10 Å². The molecule has 0 spiro atoms. The van der Waals surface area contributed by atoms with Crippen molar-refractivity contribution in [1.82, 2.24) is 0 Å². The maximum absolute atomic E-state index is 12.9. The first-order chi connectivity index (χ1) is 14.4. The average Bonchev–Trinajstić information content (AvgIpc) is 2.73. The number of benzene rings is 3. The number of fused-ring (bicyclic) bond motifs is 1. The summed E-state index contributed by atoms with van der Waals surface area (Å²) in [7, 11) is 0. The predicted octanol–water partition coefficient (Wildman–Crippen LogP) is 4.87. The van der Waals surface area contributed by atoms with Crippen LogP contribution in [0.5, 0.6) is 5.75 Å². The summed E-state index contributed by atoms with van der Waals surface area (Å²) in [6, 6.07) is 20.9. The standard InChI is InChI=1S/C25H24N2O3/c1-16-4-8-19(9-5-16)15-27-22-14-21(12-13-23(22)30-18(3)25(27)29)26-24(28)20-10-6-17(2)7-11-20/h4-14,18H,15H2,1-3H3,(H,26,28). The Morgan fingerprint density at radius 2 is 1.60 bits per heavy atom. The Labute approximate surface area is 176 Å². The lowest BCUT2D eigenvalue weighted by Gasteiger charge is -2.33. The van der Waals surface area contributed by atoms with Crippen molar-refractivity contribution in [3.63, 3.8) is 0 Å². The van der Waals surface area contributed by atoms with Gasteiger partial charge in [0.2, 0.25) is 0 Å². The highest BCUT2D eigenvalue weighted by Gasteiger charge is 2.31. The number of carbonyl (C=O) groups excluding carboxylic acids is 2. The zero-order valence-electron chi connectivity index (χ0n) is 17.3. The first kappa shape index (κ1) is 19.7. The molecule has 1 N–H and O–H groups in total. The Bertz CT molecular complexity index is 1090. The number of anilines is 2. The molecular formula is C25H24N2O3. The van der Waals surface area contributed by atoms with Crippen LogP contribution >= 0.6 is 0 Å². The van der Waals surface area contributed by atoms with E-state index in [1.807, 2.05) is 50.2 Å². The molecule has 1 aliphatic rings. The highest BCUT2D eigenvalue weighted by molar-refractivity contribution is 6.05. The third-order valence-electron chi connectivity index (χ3n) is 5.20. The van der Waals surface area contributed by atoms with Crippen LogP contribution in [0.25, 0.3) is 0 Å². The molecule has 0 saturated carbocycles. The van der Waals surface area contributed by atoms with Gasteiger partial charge in [-0.05, 0) is 56.7 Å². The van der Waals surface area contributed by atoms with Crippen LogP contribution in [-0.4, -0.2) is 17.9 Å². The lowest BCUT2D eigenvalue weighted by atomic mass is 10.1. The summed E-state index contributed by atoms with van der Waals surface area (Å²) in [5, 5.41) is 2.91. The first-order valence-corrected chi connectivity index (χ1v) is 9.96. The van der Waals surface area contributed by atoms with Crippen LogP contribution in [0.3, 0.4) is 0 Å². The van der Waals surface area contributed by atoms with E-state index in [0.717, 1.165) is 11.1 Å². The molecule has 0 fully saturated rings. The van der Waals surface area contributed by atoms with Gasteiger partial charge in [-0.25, -0.2) is 0 Å². The number of carbonyl (C=O) groups is 2. The van der Waals surface area contributed by atoms with E-state index in [2.05, 4.69) is 5.32 Å². The lowest BCUT2D eigenvalue weighted by Crippen LogP contribution is -2.44. The number of amides is 2. The maximum atomic E-state index is 12.9. The largest absolute Gasteiger partial charge is 0.479 e. The van der Waals surface area contributed by atoms with Crippen molar-refractivity contribution in [3.8, 4) is 5.75 Å². The fourth-order valence-electron chi connectivity index (χ4n) is 3.43. The van der Waals surface area contributed by atoms with E-state index < -0.39 is 6.10 Å². The highest BCUT2D eigenvalue weighted by Crippen LogP contribution is 2.37. The number of aryl methyl sites for hydroxylation is 2. The fourth-order valence-corrected chi connectivity index (χ4v) is 3.43. The summed E-state index contributed by atoms with van der Waals surface area (Å²) in [4.78, 5) is 27.2. The zero-order chi connectivity index (χ0) is 21.3. The minimum Gasteiger partial charge on any atom is -0.479 e. The van der Waals surface area contributed by atoms with Crippen molar-refractivity contribution in [2.24, 2.45) is 0 Å². The Morgan fingerprint density at radius 3 is 2.27 bits per heavy atom. The molecule has 1 aliphatic heterocycles. The topological polar surface area (TPSA) is 58.6 Å². The van der Waals surface area contributed by atoms with Gasteiger partial charge >= 0.3 is 0 Å². The molecule has 5 heteroatoms. The van der Waals surface area contributed by atoms with Gasteiger partial charge in [-0.2, -0.15) is 0 Å². The molecule has 0 aliphatic carbocycles. The van der Waals surface area contributed by atoms with Gasteiger partial charge in [0.25, 0.3) is 11.8 Å². The minimum absolute atomic E-state index is 0.106. The summed E-state index contributed by atoms with van der Waals surface area (Å²) < 4.78 is 5.78. The molecule has 2 amide bonds. The summed E-state index contributed by atoms with van der Waals surface area (Å²) in [6.07, 6.45) is -0.559. The number of nitrogens with one attached hydrogen (secondary N) is 1. The molecule has 1 atom stereocenters. The number of ether oxygens (including phenoxy) is 1. The van der Waals surface area contributed by atoms with E-state index in [0.29, 0.717) is 29.2 Å². The van der Waals surface area contributed by atoms with Crippen LogP contribution in [0.1, 0.15) is 34.0 Å². The molecule has 5 nitrogen and oxygen atoms in total. The molecule has 1 unspecified atom stereocenters. The van der Waals surface area contributed by atoms with E-state index >= 15 is 0 Å². The Balaban J connectivity index is 1.62. The SMILES string of the molecule is Cc1ccc(CN2C(=O)C(C)Oc3ccc(NC(=O)c4ccc(C)cc4)cc32)cc1. The second kappa shape index (κ2) is 8.03. The second-order valence-corrected chi connectivity index (χ2v) is 7.67. The van der Waals surface area contributed by atoms with Crippen LogP contribution in [0.15, 0.2) is 66.7 Å². The molecule has 152 valence electrons. The molecule has 0 saturated heterocycles. The van der Waals surface area contributed by atoms with Crippen LogP contribution in [0.2, 0.25) is 0 Å². The highest BCUT2D eigenvalue weighted by atomic mass is 16.5. The smallest absolute Gasteiger partial charge is 0.268 e. The monoisotopic (exact) mass is 400 g/mol. The minimum atomic E-state index is -0.559. The van der Waals surface area contributed by atoms with E-state index in [1.165, 1.54) is 5.56 Å². The second-order valence-electron chi connectivity index (χ2n) is 7.67. The summed E-state index contributed by atoms with van der Waals surface area (Å²) >= 11 is 0. The van der Waals surface area contributed by atoms with Crippen molar-refractivity contribution >= 4 is 23.2 Å². The van der Waals surface area contributed by atoms with Crippen molar-refractivity contribution in [2.45, 2.75) is 33.4 Å². The normalized spacial score (nSPS) is 15.4. The lowest BCUT2D eigenvalue weighted by molar-refractivity contribution is -0.125. The van der Waals surface area contributed by atoms with Gasteiger partial charge in [-0.15, -0.1) is 0 Å². The number of hydrogen-bond donors (Lipinski definition) is 1. The van der Waals surface area contributed by atoms with Crippen LogP contribution in [-0.2, 0) is 11.3 Å². The van der Waals surface area contributed by atoms with Gasteiger partial charge in [-0.1, -0.05) is 47.5 Å². The van der Waals surface area contributed by atoms with Crippen molar-refractivity contribution in [3.05, 3.63) is 89.0 Å². The molecule has 3 aromatic carbocycles. The molecule has 0 bridgehead atoms. The Morgan fingerprint density at radius 1 is 0.967 bits per heavy atom. The van der Waals surface area contributed by atoms with E-state index in [1.54, 1.807) is 42.2 Å². The molecule has 1 heterocycles. The van der Waals surface area contributed by atoms with Gasteiger partial charge < -0.3 is 15.0 Å². The first-order valence-electron chi connectivity index (χ1n) is 9.96. The predicted molar refractivity (Wildman–Crippen MR) is 118 cm³/mol. The van der Waals surface area contributed by atoms with Gasteiger partial charge in [0.05, 0.1) is 12.2 Å².